The molecule has 0 fully saturated rings. The van der Waals surface area contributed by atoms with E-state index < -0.39 is 0 Å². The summed E-state index contributed by atoms with van der Waals surface area (Å²) in [7, 11) is 1.83. The largest absolute Gasteiger partial charge is 0.357 e. The zero-order valence-corrected chi connectivity index (χ0v) is 13.2. The molecule has 2 aliphatic rings. The fraction of sp³-hybridized carbons (Fsp3) is 0.263. The summed E-state index contributed by atoms with van der Waals surface area (Å²) in [6.07, 6.45) is 6.57. The van der Waals surface area contributed by atoms with E-state index in [2.05, 4.69) is 30.4 Å². The molecule has 0 bridgehead atoms. The lowest BCUT2D eigenvalue weighted by atomic mass is 9.92. The van der Waals surface area contributed by atoms with Crippen LogP contribution in [0.1, 0.15) is 34.7 Å². The number of nitrogens with zero attached hydrogens (tertiary/aromatic N) is 2. The monoisotopic (exact) mass is 307 g/mol. The average Bonchev–Trinajstić information content (AvgIpc) is 2.94. The number of hydrogen-bond acceptors (Lipinski definition) is 3. The molecule has 2 aliphatic carbocycles. The number of halogens is 1. The normalized spacial score (nSPS) is 18.4. The molecule has 0 amide bonds. The summed E-state index contributed by atoms with van der Waals surface area (Å²) in [6, 6.07) is 6.36. The molecule has 1 unspecified atom stereocenters. The van der Waals surface area contributed by atoms with E-state index in [1.165, 1.54) is 28.3 Å². The predicted octanol–water partition coefficient (Wildman–Crippen LogP) is 4.29. The third-order valence-electron chi connectivity index (χ3n) is 4.63. The molecule has 116 valence electrons. The van der Waals surface area contributed by atoms with E-state index in [0.29, 0.717) is 12.4 Å². The van der Waals surface area contributed by atoms with Crippen LogP contribution < -0.4 is 5.32 Å². The maximum absolute atomic E-state index is 13.3. The average molecular weight is 307 g/mol. The summed E-state index contributed by atoms with van der Waals surface area (Å²) in [5.41, 5.74) is 6.97. The van der Waals surface area contributed by atoms with Crippen LogP contribution in [0, 0.1) is 6.92 Å². The molecule has 1 atom stereocenters. The molecule has 1 aromatic heterocycles. The van der Waals surface area contributed by atoms with Gasteiger partial charge in [-0.15, -0.1) is 0 Å². The van der Waals surface area contributed by atoms with Crippen molar-refractivity contribution in [1.82, 2.24) is 9.97 Å². The molecule has 0 saturated carbocycles. The van der Waals surface area contributed by atoms with Gasteiger partial charge in [0.15, 0.2) is 0 Å². The summed E-state index contributed by atoms with van der Waals surface area (Å²) < 4.78 is 13.3. The summed E-state index contributed by atoms with van der Waals surface area (Å²) in [4.78, 5) is 9.41. The van der Waals surface area contributed by atoms with Gasteiger partial charge >= 0.3 is 0 Å². The molecule has 3 nitrogen and oxygen atoms in total. The molecule has 0 saturated heterocycles. The number of anilines is 1. The fourth-order valence-corrected chi connectivity index (χ4v) is 3.50. The van der Waals surface area contributed by atoms with Gasteiger partial charge in [0.25, 0.3) is 0 Å². The van der Waals surface area contributed by atoms with Gasteiger partial charge in [0, 0.05) is 30.5 Å². The number of fused-ring (bicyclic) bond motifs is 3. The lowest BCUT2D eigenvalue weighted by Crippen LogP contribution is -2.09. The Kier molecular flexibility index (Phi) is 3.26. The Bertz CT molecular complexity index is 852. The van der Waals surface area contributed by atoms with Crippen LogP contribution in [0.3, 0.4) is 0 Å². The summed E-state index contributed by atoms with van der Waals surface area (Å²) in [6.45, 7) is 2.12. The lowest BCUT2D eigenvalue weighted by molar-refractivity contribution is 0.640. The van der Waals surface area contributed by atoms with Gasteiger partial charge in [0.05, 0.1) is 11.4 Å². The molecule has 1 aromatic carbocycles. The van der Waals surface area contributed by atoms with Crippen LogP contribution in [0.5, 0.6) is 0 Å². The first-order chi connectivity index (χ1) is 11.2. The second-order valence-corrected chi connectivity index (χ2v) is 6.09. The fourth-order valence-electron chi connectivity index (χ4n) is 3.50. The Morgan fingerprint density at radius 1 is 1.26 bits per heavy atom. The number of benzene rings is 1. The van der Waals surface area contributed by atoms with Gasteiger partial charge in [-0.25, -0.2) is 14.4 Å². The maximum Gasteiger partial charge on any atom is 0.223 e. The first-order valence-electron chi connectivity index (χ1n) is 7.88. The van der Waals surface area contributed by atoms with Crippen LogP contribution in [-0.2, 0) is 6.42 Å². The summed E-state index contributed by atoms with van der Waals surface area (Å²) >= 11 is 0. The lowest BCUT2D eigenvalue weighted by Gasteiger charge is -2.18. The third-order valence-corrected chi connectivity index (χ3v) is 4.63. The Balaban J connectivity index is 1.89. The highest BCUT2D eigenvalue weighted by Gasteiger charge is 2.28. The van der Waals surface area contributed by atoms with Gasteiger partial charge in [0.2, 0.25) is 5.95 Å². The van der Waals surface area contributed by atoms with Crippen LogP contribution in [0.4, 0.5) is 10.3 Å². The number of rotatable bonds is 2. The minimum absolute atomic E-state index is 0.105. The molecular formula is C19H18FN3. The van der Waals surface area contributed by atoms with E-state index in [1.54, 1.807) is 6.08 Å². The van der Waals surface area contributed by atoms with E-state index in [9.17, 15) is 4.39 Å². The quantitative estimate of drug-likeness (QED) is 0.767. The van der Waals surface area contributed by atoms with Crippen molar-refractivity contribution in [2.24, 2.45) is 0 Å². The van der Waals surface area contributed by atoms with Crippen LogP contribution >= 0.6 is 0 Å². The zero-order chi connectivity index (χ0) is 16.0. The Labute approximate surface area is 135 Å². The Hall–Kier alpha value is -2.49. The molecule has 4 heteroatoms. The minimum atomic E-state index is -0.167. The molecule has 23 heavy (non-hydrogen) atoms. The SMILES string of the molecule is CNc1nc2c(c(C3C=CC(F)=CC3)n1)Cc1cccc(C)c1-2. The van der Waals surface area contributed by atoms with E-state index in [4.69, 9.17) is 9.97 Å². The van der Waals surface area contributed by atoms with Crippen molar-refractivity contribution in [1.29, 1.82) is 0 Å². The number of hydrogen-bond donors (Lipinski definition) is 1. The molecule has 2 aromatic rings. The van der Waals surface area contributed by atoms with E-state index in [1.807, 2.05) is 13.1 Å². The zero-order valence-electron chi connectivity index (χ0n) is 13.2. The molecule has 1 heterocycles. The van der Waals surface area contributed by atoms with E-state index in [0.717, 1.165) is 17.8 Å². The highest BCUT2D eigenvalue weighted by molar-refractivity contribution is 5.78. The molecular weight excluding hydrogens is 289 g/mol. The number of aromatic nitrogens is 2. The second-order valence-electron chi connectivity index (χ2n) is 6.09. The predicted molar refractivity (Wildman–Crippen MR) is 90.2 cm³/mol. The number of nitrogens with one attached hydrogen (secondary N) is 1. The summed E-state index contributed by atoms with van der Waals surface area (Å²) in [5, 5.41) is 3.06. The van der Waals surface area contributed by atoms with Gasteiger partial charge in [-0.1, -0.05) is 24.3 Å². The standard InChI is InChI=1S/C19H18FN3/c1-11-4-3-5-13-10-15-17(12-6-8-14(20)9-7-12)22-19(21-2)23-18(15)16(11)13/h3-6,8-9,12H,7,10H2,1-2H3,(H,21,22,23). The number of allylic oxidation sites excluding steroid dienone is 4. The van der Waals surface area contributed by atoms with Gasteiger partial charge < -0.3 is 5.32 Å². The Morgan fingerprint density at radius 3 is 2.87 bits per heavy atom. The van der Waals surface area contributed by atoms with E-state index >= 15 is 0 Å². The first-order valence-corrected chi connectivity index (χ1v) is 7.88. The topological polar surface area (TPSA) is 37.8 Å². The molecule has 0 spiro atoms. The van der Waals surface area contributed by atoms with Crippen molar-refractivity contribution in [3.8, 4) is 11.3 Å². The van der Waals surface area contributed by atoms with Gasteiger partial charge in [-0.3, -0.25) is 0 Å². The van der Waals surface area contributed by atoms with Crippen molar-refractivity contribution >= 4 is 5.95 Å². The molecule has 0 radical (unpaired) electrons. The Morgan fingerprint density at radius 2 is 2.13 bits per heavy atom. The van der Waals surface area contributed by atoms with Crippen molar-refractivity contribution in [3.63, 3.8) is 0 Å². The van der Waals surface area contributed by atoms with Crippen LogP contribution in [-0.4, -0.2) is 17.0 Å². The van der Waals surface area contributed by atoms with Crippen molar-refractivity contribution < 1.29 is 4.39 Å². The van der Waals surface area contributed by atoms with Gasteiger partial charge in [-0.05, 0) is 36.6 Å². The van der Waals surface area contributed by atoms with E-state index in [-0.39, 0.29) is 11.7 Å². The first kappa shape index (κ1) is 14.1. The number of aryl methyl sites for hydroxylation is 1. The van der Waals surface area contributed by atoms with Crippen LogP contribution in [0.2, 0.25) is 0 Å². The van der Waals surface area contributed by atoms with Crippen molar-refractivity contribution in [3.05, 3.63) is 64.6 Å². The maximum atomic E-state index is 13.3. The minimum Gasteiger partial charge on any atom is -0.357 e. The van der Waals surface area contributed by atoms with Crippen LogP contribution in [0.15, 0.2) is 42.3 Å². The third kappa shape index (κ3) is 2.25. The smallest absolute Gasteiger partial charge is 0.223 e. The molecule has 1 N–H and O–H groups in total. The van der Waals surface area contributed by atoms with Gasteiger partial charge in [-0.2, -0.15) is 0 Å². The van der Waals surface area contributed by atoms with Crippen molar-refractivity contribution in [2.45, 2.75) is 25.7 Å². The highest BCUT2D eigenvalue weighted by atomic mass is 19.1. The van der Waals surface area contributed by atoms with Crippen LogP contribution in [0.25, 0.3) is 11.3 Å². The second kappa shape index (κ2) is 5.30. The highest BCUT2D eigenvalue weighted by Crippen LogP contribution is 2.42. The summed E-state index contributed by atoms with van der Waals surface area (Å²) in [5.74, 6) is 0.561. The van der Waals surface area contributed by atoms with Gasteiger partial charge in [0.1, 0.15) is 5.83 Å². The van der Waals surface area contributed by atoms with Crippen molar-refractivity contribution in [2.75, 3.05) is 12.4 Å². The molecule has 0 aliphatic heterocycles. The molecule has 4 rings (SSSR count).